The standard InChI is InChI=1S/C29H41N3O5/c1-18-12-23(33)13-19(2)24(18)16-25(32-28(36)37-29(4,5)6)26(34)14-20(3)27(35)31-17-22(30)15-21-10-8-7-9-11-21/h7-13,20,22,25,33H,14-17,30H2,1-6H3,(H,31,35)(H,32,36)/t20-,22-,25-/m0/s1. The lowest BCUT2D eigenvalue weighted by molar-refractivity contribution is -0.129. The van der Waals surface area contributed by atoms with Gasteiger partial charge in [-0.3, -0.25) is 9.59 Å². The SMILES string of the molecule is Cc1cc(O)cc(C)c1C[C@H](NC(=O)OC(C)(C)C)C(=O)C[C@H](C)C(=O)NC[C@@H](N)Cc1ccccc1. The summed E-state index contributed by atoms with van der Waals surface area (Å²) < 4.78 is 5.37. The van der Waals surface area contributed by atoms with Crippen LogP contribution < -0.4 is 16.4 Å². The highest BCUT2D eigenvalue weighted by atomic mass is 16.6. The summed E-state index contributed by atoms with van der Waals surface area (Å²) in [5.74, 6) is -1.03. The molecule has 202 valence electrons. The van der Waals surface area contributed by atoms with Gasteiger partial charge in [-0.25, -0.2) is 4.79 Å². The maximum Gasteiger partial charge on any atom is 0.408 e. The molecule has 2 amide bonds. The van der Waals surface area contributed by atoms with Crippen LogP contribution in [-0.4, -0.2) is 47.1 Å². The molecule has 2 rings (SSSR count). The Kier molecular flexibility index (Phi) is 10.7. The fourth-order valence-electron chi connectivity index (χ4n) is 4.12. The van der Waals surface area contributed by atoms with Gasteiger partial charge in [-0.1, -0.05) is 37.3 Å². The number of carbonyl (C=O) groups excluding carboxylic acids is 3. The first-order chi connectivity index (χ1) is 17.2. The number of Topliss-reactive ketones (excluding diaryl/α,β-unsaturated/α-hetero) is 1. The summed E-state index contributed by atoms with van der Waals surface area (Å²) in [5, 5.41) is 15.4. The van der Waals surface area contributed by atoms with Crippen molar-refractivity contribution in [1.29, 1.82) is 0 Å². The van der Waals surface area contributed by atoms with E-state index in [1.54, 1.807) is 39.8 Å². The monoisotopic (exact) mass is 511 g/mol. The van der Waals surface area contributed by atoms with Crippen molar-refractivity contribution in [3.63, 3.8) is 0 Å². The van der Waals surface area contributed by atoms with Gasteiger partial charge < -0.3 is 26.2 Å². The molecule has 0 radical (unpaired) electrons. The van der Waals surface area contributed by atoms with Gasteiger partial charge in [-0.2, -0.15) is 0 Å². The molecule has 8 heteroatoms. The molecule has 0 heterocycles. The molecule has 0 saturated heterocycles. The summed E-state index contributed by atoms with van der Waals surface area (Å²) in [6.07, 6.45) is 0.0774. The fourth-order valence-corrected chi connectivity index (χ4v) is 4.12. The second-order valence-corrected chi connectivity index (χ2v) is 10.7. The molecule has 37 heavy (non-hydrogen) atoms. The lowest BCUT2D eigenvalue weighted by atomic mass is 9.91. The van der Waals surface area contributed by atoms with Gasteiger partial charge >= 0.3 is 6.09 Å². The number of phenolic OH excluding ortho intramolecular Hbond substituents is 1. The zero-order valence-electron chi connectivity index (χ0n) is 22.8. The number of ketones is 1. The molecule has 0 saturated carbocycles. The average molecular weight is 512 g/mol. The van der Waals surface area contributed by atoms with Gasteiger partial charge in [-0.05, 0) is 75.4 Å². The number of nitrogens with two attached hydrogens (primary N) is 1. The molecule has 0 fully saturated rings. The van der Waals surface area contributed by atoms with Crippen molar-refractivity contribution in [2.75, 3.05) is 6.54 Å². The third-order valence-corrected chi connectivity index (χ3v) is 6.00. The normalized spacial score (nSPS) is 13.8. The lowest BCUT2D eigenvalue weighted by Crippen LogP contribution is -2.46. The number of alkyl carbamates (subject to hydrolysis) is 1. The minimum absolute atomic E-state index is 0.0591. The topological polar surface area (TPSA) is 131 Å². The Hall–Kier alpha value is -3.39. The Morgan fingerprint density at radius 3 is 2.19 bits per heavy atom. The highest BCUT2D eigenvalue weighted by Crippen LogP contribution is 2.23. The number of ether oxygens (including phenoxy) is 1. The van der Waals surface area contributed by atoms with Gasteiger partial charge in [0.15, 0.2) is 5.78 Å². The van der Waals surface area contributed by atoms with Crippen molar-refractivity contribution >= 4 is 17.8 Å². The van der Waals surface area contributed by atoms with E-state index in [1.807, 2.05) is 44.2 Å². The smallest absolute Gasteiger partial charge is 0.408 e. The van der Waals surface area contributed by atoms with Gasteiger partial charge in [0.2, 0.25) is 5.91 Å². The third kappa shape index (κ3) is 10.2. The van der Waals surface area contributed by atoms with E-state index in [2.05, 4.69) is 10.6 Å². The Bertz CT molecular complexity index is 1060. The zero-order valence-corrected chi connectivity index (χ0v) is 22.8. The van der Waals surface area contributed by atoms with Crippen molar-refractivity contribution < 1.29 is 24.2 Å². The first-order valence-corrected chi connectivity index (χ1v) is 12.6. The number of aryl methyl sites for hydroxylation is 2. The summed E-state index contributed by atoms with van der Waals surface area (Å²) in [4.78, 5) is 38.5. The first kappa shape index (κ1) is 29.8. The number of benzene rings is 2. The van der Waals surface area contributed by atoms with E-state index in [4.69, 9.17) is 10.5 Å². The van der Waals surface area contributed by atoms with Crippen LogP contribution in [0.4, 0.5) is 4.79 Å². The summed E-state index contributed by atoms with van der Waals surface area (Å²) in [6.45, 7) is 10.9. The molecule has 0 spiro atoms. The molecule has 2 aromatic carbocycles. The van der Waals surface area contributed by atoms with Crippen LogP contribution in [0.15, 0.2) is 42.5 Å². The van der Waals surface area contributed by atoms with E-state index in [1.165, 1.54) is 0 Å². The largest absolute Gasteiger partial charge is 0.508 e. The number of hydrogen-bond donors (Lipinski definition) is 4. The number of hydrogen-bond acceptors (Lipinski definition) is 6. The molecule has 0 aliphatic carbocycles. The Balaban J connectivity index is 2.05. The van der Waals surface area contributed by atoms with Crippen molar-refractivity contribution in [3.8, 4) is 5.75 Å². The molecule has 2 aromatic rings. The number of rotatable bonds is 11. The fraction of sp³-hybridized carbons (Fsp3) is 0.483. The van der Waals surface area contributed by atoms with Crippen LogP contribution in [0.25, 0.3) is 0 Å². The molecular weight excluding hydrogens is 470 g/mol. The van der Waals surface area contributed by atoms with Gasteiger partial charge in [-0.15, -0.1) is 0 Å². The van der Waals surface area contributed by atoms with Crippen LogP contribution in [0.5, 0.6) is 5.75 Å². The molecule has 0 aliphatic heterocycles. The molecule has 0 bridgehead atoms. The molecule has 0 aromatic heterocycles. The maximum absolute atomic E-state index is 13.3. The predicted molar refractivity (Wildman–Crippen MR) is 144 cm³/mol. The van der Waals surface area contributed by atoms with Crippen molar-refractivity contribution in [3.05, 3.63) is 64.7 Å². The number of nitrogens with one attached hydrogen (secondary N) is 2. The van der Waals surface area contributed by atoms with E-state index < -0.39 is 23.7 Å². The van der Waals surface area contributed by atoms with Crippen LogP contribution in [0.3, 0.4) is 0 Å². The molecule has 3 atom stereocenters. The van der Waals surface area contributed by atoms with Gasteiger partial charge in [0.25, 0.3) is 0 Å². The van der Waals surface area contributed by atoms with Crippen molar-refractivity contribution in [2.24, 2.45) is 11.7 Å². The van der Waals surface area contributed by atoms with E-state index in [-0.39, 0.29) is 42.9 Å². The van der Waals surface area contributed by atoms with E-state index in [0.717, 1.165) is 22.3 Å². The summed E-state index contributed by atoms with van der Waals surface area (Å²) >= 11 is 0. The van der Waals surface area contributed by atoms with E-state index in [0.29, 0.717) is 6.42 Å². The minimum atomic E-state index is -0.896. The van der Waals surface area contributed by atoms with Crippen LogP contribution in [0.2, 0.25) is 0 Å². The number of carbonyl (C=O) groups is 3. The quantitative estimate of drug-likeness (QED) is 0.364. The summed E-state index contributed by atoms with van der Waals surface area (Å²) in [6, 6.07) is 11.9. The Morgan fingerprint density at radius 2 is 1.62 bits per heavy atom. The highest BCUT2D eigenvalue weighted by molar-refractivity contribution is 5.91. The zero-order chi connectivity index (χ0) is 27.8. The highest BCUT2D eigenvalue weighted by Gasteiger charge is 2.28. The van der Waals surface area contributed by atoms with Gasteiger partial charge in [0, 0.05) is 31.3 Å². The molecule has 0 aliphatic rings. The van der Waals surface area contributed by atoms with E-state index in [9.17, 15) is 19.5 Å². The predicted octanol–water partition coefficient (Wildman–Crippen LogP) is 3.73. The van der Waals surface area contributed by atoms with Crippen LogP contribution in [-0.2, 0) is 27.2 Å². The molecular formula is C29H41N3O5. The van der Waals surface area contributed by atoms with Gasteiger partial charge in [0.1, 0.15) is 11.4 Å². The molecule has 5 N–H and O–H groups in total. The number of aromatic hydroxyl groups is 1. The third-order valence-electron chi connectivity index (χ3n) is 6.00. The molecule has 8 nitrogen and oxygen atoms in total. The first-order valence-electron chi connectivity index (χ1n) is 12.6. The van der Waals surface area contributed by atoms with Crippen LogP contribution in [0, 0.1) is 19.8 Å². The van der Waals surface area contributed by atoms with Crippen molar-refractivity contribution in [1.82, 2.24) is 10.6 Å². The number of amides is 2. The average Bonchev–Trinajstić information content (AvgIpc) is 2.78. The summed E-state index contributed by atoms with van der Waals surface area (Å²) in [5.41, 5.74) is 8.98. The van der Waals surface area contributed by atoms with Gasteiger partial charge in [0.05, 0.1) is 6.04 Å². The Morgan fingerprint density at radius 1 is 1.03 bits per heavy atom. The second kappa shape index (κ2) is 13.2. The van der Waals surface area contributed by atoms with E-state index >= 15 is 0 Å². The second-order valence-electron chi connectivity index (χ2n) is 10.7. The lowest BCUT2D eigenvalue weighted by Gasteiger charge is -2.25. The molecule has 0 unspecified atom stereocenters. The van der Waals surface area contributed by atoms with Crippen LogP contribution in [0.1, 0.15) is 56.4 Å². The minimum Gasteiger partial charge on any atom is -0.508 e. The summed E-state index contributed by atoms with van der Waals surface area (Å²) in [7, 11) is 0. The van der Waals surface area contributed by atoms with Crippen LogP contribution >= 0.6 is 0 Å². The number of phenols is 1. The maximum atomic E-state index is 13.3. The Labute approximate surface area is 220 Å². The van der Waals surface area contributed by atoms with Crippen molar-refractivity contribution in [2.45, 2.75) is 78.5 Å².